The zero-order chi connectivity index (χ0) is 28.6. The number of hydrogen-bond donors (Lipinski definition) is 1. The molecule has 1 fully saturated rings. The van der Waals surface area contributed by atoms with Gasteiger partial charge in [0.2, 0.25) is 11.7 Å². The van der Waals surface area contributed by atoms with E-state index in [1.165, 1.54) is 11.6 Å². The third-order valence-corrected chi connectivity index (χ3v) is 7.42. The fourth-order valence-electron chi connectivity index (χ4n) is 5.12. The first-order valence-electron chi connectivity index (χ1n) is 13.9. The summed E-state index contributed by atoms with van der Waals surface area (Å²) in [6, 6.07) is 16.9. The largest absolute Gasteiger partial charge is 0.484 e. The number of nitrogens with zero attached hydrogens (tertiary/aromatic N) is 2. The topological polar surface area (TPSA) is 111 Å². The van der Waals surface area contributed by atoms with Gasteiger partial charge in [-0.3, -0.25) is 19.3 Å². The normalized spacial score (nSPS) is 17.7. The number of hydrogen-bond acceptors (Lipinski definition) is 8. The van der Waals surface area contributed by atoms with Gasteiger partial charge in [0.05, 0.1) is 13.2 Å². The molecule has 9 heteroatoms. The number of ether oxygens (including phenoxy) is 3. The van der Waals surface area contributed by atoms with Crippen molar-refractivity contribution in [3.63, 3.8) is 0 Å². The highest BCUT2D eigenvalue weighted by molar-refractivity contribution is 6.05. The van der Waals surface area contributed by atoms with Gasteiger partial charge in [0.1, 0.15) is 19.3 Å². The SMILES string of the molecule is NC(=O)[C@@H](CCC(=O)OCc1ccccc1)N1C=C2C=CC(=O)C(OCc3ccc(CN4CCOCC4)cc3)=C2C1. The van der Waals surface area contributed by atoms with Crippen molar-refractivity contribution in [3.05, 3.63) is 107 Å². The predicted molar refractivity (Wildman–Crippen MR) is 152 cm³/mol. The van der Waals surface area contributed by atoms with Gasteiger partial charge in [0, 0.05) is 44.4 Å². The van der Waals surface area contributed by atoms with E-state index in [1.54, 1.807) is 17.2 Å². The van der Waals surface area contributed by atoms with E-state index in [1.807, 2.05) is 42.5 Å². The number of allylic oxidation sites excluding steroid dienone is 2. The Morgan fingerprint density at radius 1 is 0.927 bits per heavy atom. The van der Waals surface area contributed by atoms with Crippen LogP contribution in [0, 0.1) is 0 Å². The summed E-state index contributed by atoms with van der Waals surface area (Å²) in [6.45, 7) is 4.97. The van der Waals surface area contributed by atoms with E-state index in [2.05, 4.69) is 17.0 Å². The number of morpholine rings is 1. The van der Waals surface area contributed by atoms with Crippen LogP contribution in [-0.2, 0) is 48.4 Å². The maximum absolute atomic E-state index is 12.8. The van der Waals surface area contributed by atoms with Gasteiger partial charge in [-0.15, -0.1) is 0 Å². The first-order chi connectivity index (χ1) is 20.0. The predicted octanol–water partition coefficient (Wildman–Crippen LogP) is 3.01. The van der Waals surface area contributed by atoms with Crippen molar-refractivity contribution in [2.24, 2.45) is 5.73 Å². The zero-order valence-electron chi connectivity index (χ0n) is 23.0. The van der Waals surface area contributed by atoms with Crippen molar-refractivity contribution in [3.8, 4) is 0 Å². The van der Waals surface area contributed by atoms with E-state index in [9.17, 15) is 14.4 Å². The number of rotatable bonds is 12. The van der Waals surface area contributed by atoms with Crippen LogP contribution >= 0.6 is 0 Å². The molecule has 3 aliphatic rings. The molecule has 2 heterocycles. The summed E-state index contributed by atoms with van der Waals surface area (Å²) in [5, 5.41) is 0. The molecule has 1 atom stereocenters. The van der Waals surface area contributed by atoms with Gasteiger partial charge >= 0.3 is 5.97 Å². The van der Waals surface area contributed by atoms with Crippen LogP contribution in [0.25, 0.3) is 0 Å². The zero-order valence-corrected chi connectivity index (χ0v) is 23.0. The number of primary amides is 1. The second-order valence-corrected chi connectivity index (χ2v) is 10.4. The molecule has 214 valence electrons. The van der Waals surface area contributed by atoms with Crippen LogP contribution in [0.15, 0.2) is 89.9 Å². The number of carbonyl (C=O) groups is 3. The highest BCUT2D eigenvalue weighted by Crippen LogP contribution is 2.32. The Morgan fingerprint density at radius 2 is 1.63 bits per heavy atom. The maximum Gasteiger partial charge on any atom is 0.306 e. The lowest BCUT2D eigenvalue weighted by Crippen LogP contribution is -2.41. The Kier molecular flexibility index (Phi) is 9.28. The van der Waals surface area contributed by atoms with Crippen molar-refractivity contribution in [2.75, 3.05) is 32.8 Å². The maximum atomic E-state index is 12.8. The molecule has 1 saturated heterocycles. The first-order valence-corrected chi connectivity index (χ1v) is 13.9. The van der Waals surface area contributed by atoms with Gasteiger partial charge in [-0.2, -0.15) is 0 Å². The third kappa shape index (κ3) is 7.50. The van der Waals surface area contributed by atoms with E-state index in [0.717, 1.165) is 49.5 Å². The summed E-state index contributed by atoms with van der Waals surface area (Å²) in [7, 11) is 0. The average molecular weight is 558 g/mol. The van der Waals surface area contributed by atoms with Crippen molar-refractivity contribution in [1.82, 2.24) is 9.80 Å². The molecule has 9 nitrogen and oxygen atoms in total. The van der Waals surface area contributed by atoms with Crippen molar-refractivity contribution in [2.45, 2.75) is 38.6 Å². The molecule has 0 aromatic heterocycles. The molecule has 2 N–H and O–H groups in total. The van der Waals surface area contributed by atoms with Gasteiger partial charge in [-0.25, -0.2) is 0 Å². The fraction of sp³-hybridized carbons (Fsp3) is 0.344. The van der Waals surface area contributed by atoms with E-state index in [-0.39, 0.29) is 44.1 Å². The summed E-state index contributed by atoms with van der Waals surface area (Å²) >= 11 is 0. The average Bonchev–Trinajstić information content (AvgIpc) is 3.41. The van der Waals surface area contributed by atoms with Gasteiger partial charge in [0.15, 0.2) is 5.76 Å². The molecule has 0 unspecified atom stereocenters. The highest BCUT2D eigenvalue weighted by atomic mass is 16.5. The highest BCUT2D eigenvalue weighted by Gasteiger charge is 2.33. The first kappa shape index (κ1) is 28.3. The minimum Gasteiger partial charge on any atom is -0.484 e. The molecular weight excluding hydrogens is 522 g/mol. The van der Waals surface area contributed by atoms with Crippen LogP contribution in [0.4, 0.5) is 0 Å². The number of nitrogens with two attached hydrogens (primary N) is 1. The Labute approximate surface area is 239 Å². The van der Waals surface area contributed by atoms with Crippen LogP contribution in [-0.4, -0.2) is 66.3 Å². The summed E-state index contributed by atoms with van der Waals surface area (Å²) in [5.74, 6) is -0.905. The minimum absolute atomic E-state index is 0.0405. The molecule has 1 amide bonds. The molecule has 41 heavy (non-hydrogen) atoms. The number of ketones is 1. The second kappa shape index (κ2) is 13.4. The fourth-order valence-corrected chi connectivity index (χ4v) is 5.12. The van der Waals surface area contributed by atoms with Crippen molar-refractivity contribution in [1.29, 1.82) is 0 Å². The van der Waals surface area contributed by atoms with E-state index in [0.29, 0.717) is 5.57 Å². The van der Waals surface area contributed by atoms with Crippen LogP contribution in [0.1, 0.15) is 29.5 Å². The molecule has 0 saturated carbocycles. The molecule has 2 aromatic carbocycles. The smallest absolute Gasteiger partial charge is 0.306 e. The van der Waals surface area contributed by atoms with Crippen LogP contribution < -0.4 is 5.73 Å². The number of benzene rings is 2. The summed E-state index contributed by atoms with van der Waals surface area (Å²) in [5.41, 5.74) is 10.3. The Balaban J connectivity index is 1.17. The van der Waals surface area contributed by atoms with Gasteiger partial charge < -0.3 is 24.8 Å². The van der Waals surface area contributed by atoms with Gasteiger partial charge in [-0.1, -0.05) is 54.6 Å². The number of fused-ring (bicyclic) bond motifs is 1. The number of carbonyl (C=O) groups excluding carboxylic acids is 3. The minimum atomic E-state index is -0.728. The molecule has 5 rings (SSSR count). The van der Waals surface area contributed by atoms with Crippen LogP contribution in [0.5, 0.6) is 0 Å². The van der Waals surface area contributed by atoms with E-state index >= 15 is 0 Å². The summed E-state index contributed by atoms with van der Waals surface area (Å²) in [4.78, 5) is 41.6. The lowest BCUT2D eigenvalue weighted by Gasteiger charge is -2.26. The van der Waals surface area contributed by atoms with E-state index in [4.69, 9.17) is 19.9 Å². The Hall–Kier alpha value is -4.21. The van der Waals surface area contributed by atoms with Crippen LogP contribution in [0.3, 0.4) is 0 Å². The molecule has 0 radical (unpaired) electrons. The molecule has 1 aliphatic carbocycles. The van der Waals surface area contributed by atoms with Crippen molar-refractivity contribution >= 4 is 17.7 Å². The lowest BCUT2D eigenvalue weighted by atomic mass is 10.00. The third-order valence-electron chi connectivity index (χ3n) is 7.42. The van der Waals surface area contributed by atoms with Crippen LogP contribution in [0.2, 0.25) is 0 Å². The molecule has 2 aliphatic heterocycles. The van der Waals surface area contributed by atoms with Gasteiger partial charge in [0.25, 0.3) is 0 Å². The van der Waals surface area contributed by atoms with Gasteiger partial charge in [-0.05, 0) is 40.8 Å². The summed E-state index contributed by atoms with van der Waals surface area (Å²) in [6.07, 6.45) is 5.23. The molecular formula is C32H35N3O6. The Morgan fingerprint density at radius 3 is 2.37 bits per heavy atom. The number of amides is 1. The Bertz CT molecular complexity index is 1340. The molecule has 0 bridgehead atoms. The second-order valence-electron chi connectivity index (χ2n) is 10.4. The lowest BCUT2D eigenvalue weighted by molar-refractivity contribution is -0.145. The van der Waals surface area contributed by atoms with Crippen molar-refractivity contribution < 1.29 is 28.6 Å². The quantitative estimate of drug-likeness (QED) is 0.397. The summed E-state index contributed by atoms with van der Waals surface area (Å²) < 4.78 is 16.8. The monoisotopic (exact) mass is 557 g/mol. The molecule has 2 aromatic rings. The van der Waals surface area contributed by atoms with E-state index < -0.39 is 17.9 Å². The standard InChI is InChI=1S/C32H35N3O6/c33-32(38)28(11-13-30(37)40-21-24-4-2-1-3-5-24)35-19-26-10-12-29(36)31(27(26)20-35)41-22-25-8-6-23(7-9-25)18-34-14-16-39-17-15-34/h1-10,12,19,28H,11,13-18,20-22H2,(H2,33,38)/t28-/m1/s1. The number of esters is 1. The molecule has 0 spiro atoms.